The highest BCUT2D eigenvalue weighted by Crippen LogP contribution is 2.27. The molecule has 0 saturated heterocycles. The topological polar surface area (TPSA) is 69.2 Å². The molecule has 106 valence electrons. The molecule has 0 aliphatic rings. The predicted octanol–water partition coefficient (Wildman–Crippen LogP) is 2.94. The van der Waals surface area contributed by atoms with E-state index in [-0.39, 0.29) is 15.9 Å². The summed E-state index contributed by atoms with van der Waals surface area (Å²) < 4.78 is 28.2. The van der Waals surface area contributed by atoms with Gasteiger partial charge in [0.05, 0.1) is 16.3 Å². The molecule has 2 aromatic rings. The Morgan fingerprint density at radius 2 is 1.60 bits per heavy atom. The summed E-state index contributed by atoms with van der Waals surface area (Å²) in [5.41, 5.74) is 1.45. The van der Waals surface area contributed by atoms with Crippen LogP contribution in [0.2, 0.25) is 5.15 Å². The van der Waals surface area contributed by atoms with Gasteiger partial charge in [-0.3, -0.25) is 0 Å². The van der Waals surface area contributed by atoms with Crippen molar-refractivity contribution in [1.82, 2.24) is 9.97 Å². The van der Waals surface area contributed by atoms with E-state index in [0.29, 0.717) is 5.75 Å². The molecule has 1 aromatic heterocycles. The Bertz CT molecular complexity index is 743. The fourth-order valence-electron chi connectivity index (χ4n) is 1.49. The van der Waals surface area contributed by atoms with Gasteiger partial charge in [0.25, 0.3) is 5.88 Å². The third-order valence-electron chi connectivity index (χ3n) is 2.70. The first-order valence-electron chi connectivity index (χ1n) is 5.76. The van der Waals surface area contributed by atoms with Gasteiger partial charge in [0.2, 0.25) is 0 Å². The minimum Gasteiger partial charge on any atom is -0.436 e. The lowest BCUT2D eigenvalue weighted by Crippen LogP contribution is -1.98. The van der Waals surface area contributed by atoms with Crippen LogP contribution in [-0.2, 0) is 9.84 Å². The molecule has 1 aromatic carbocycles. The minimum atomic E-state index is -3.22. The van der Waals surface area contributed by atoms with E-state index in [2.05, 4.69) is 9.97 Å². The van der Waals surface area contributed by atoms with Crippen molar-refractivity contribution >= 4 is 21.4 Å². The SMILES string of the molecule is Cc1nc(Cl)c(Oc2ccc(S(C)(=O)=O)cc2)nc1C. The minimum absolute atomic E-state index is 0.167. The second kappa shape index (κ2) is 5.38. The third-order valence-corrected chi connectivity index (χ3v) is 4.08. The Balaban J connectivity index is 2.29. The van der Waals surface area contributed by atoms with Gasteiger partial charge in [-0.25, -0.2) is 18.4 Å². The largest absolute Gasteiger partial charge is 0.436 e. The summed E-state index contributed by atoms with van der Waals surface area (Å²) in [6, 6.07) is 6.02. The van der Waals surface area contributed by atoms with Crippen molar-refractivity contribution in [3.05, 3.63) is 40.8 Å². The third kappa shape index (κ3) is 3.26. The Labute approximate surface area is 122 Å². The summed E-state index contributed by atoms with van der Waals surface area (Å²) in [4.78, 5) is 8.54. The van der Waals surface area contributed by atoms with E-state index in [9.17, 15) is 8.42 Å². The fraction of sp³-hybridized carbons (Fsp3) is 0.231. The first kappa shape index (κ1) is 14.7. The van der Waals surface area contributed by atoms with Crippen LogP contribution in [-0.4, -0.2) is 24.6 Å². The Morgan fingerprint density at radius 1 is 1.05 bits per heavy atom. The molecule has 0 spiro atoms. The Hall–Kier alpha value is -1.66. The van der Waals surface area contributed by atoms with Crippen LogP contribution in [0.5, 0.6) is 11.6 Å². The van der Waals surface area contributed by atoms with Crippen molar-refractivity contribution in [2.45, 2.75) is 18.7 Å². The van der Waals surface area contributed by atoms with Gasteiger partial charge in [-0.1, -0.05) is 11.6 Å². The number of aryl methyl sites for hydroxylation is 2. The predicted molar refractivity (Wildman–Crippen MR) is 76.1 cm³/mol. The number of halogens is 1. The van der Waals surface area contributed by atoms with E-state index in [1.165, 1.54) is 12.1 Å². The molecule has 0 amide bonds. The summed E-state index contributed by atoms with van der Waals surface area (Å²) >= 11 is 5.96. The van der Waals surface area contributed by atoms with E-state index in [4.69, 9.17) is 16.3 Å². The summed E-state index contributed by atoms with van der Waals surface area (Å²) in [6.07, 6.45) is 1.15. The first-order valence-corrected chi connectivity index (χ1v) is 8.03. The average Bonchev–Trinajstić information content (AvgIpc) is 2.35. The number of ether oxygens (including phenoxy) is 1. The highest BCUT2D eigenvalue weighted by molar-refractivity contribution is 7.90. The van der Waals surface area contributed by atoms with E-state index in [1.54, 1.807) is 26.0 Å². The van der Waals surface area contributed by atoms with Gasteiger partial charge >= 0.3 is 0 Å². The summed E-state index contributed by atoms with van der Waals surface area (Å²) in [6.45, 7) is 3.61. The van der Waals surface area contributed by atoms with Gasteiger partial charge in [0, 0.05) is 6.26 Å². The van der Waals surface area contributed by atoms with Crippen LogP contribution >= 0.6 is 11.6 Å². The summed E-state index contributed by atoms with van der Waals surface area (Å²) in [5, 5.41) is 0.167. The van der Waals surface area contributed by atoms with Crippen molar-refractivity contribution in [3.63, 3.8) is 0 Å². The second-order valence-electron chi connectivity index (χ2n) is 4.34. The maximum Gasteiger partial charge on any atom is 0.257 e. The van der Waals surface area contributed by atoms with Crippen LogP contribution in [0, 0.1) is 13.8 Å². The van der Waals surface area contributed by atoms with E-state index in [0.717, 1.165) is 17.6 Å². The van der Waals surface area contributed by atoms with Crippen LogP contribution in [0.25, 0.3) is 0 Å². The maximum atomic E-state index is 11.4. The van der Waals surface area contributed by atoms with Crippen LogP contribution in [0.15, 0.2) is 29.2 Å². The summed E-state index contributed by atoms with van der Waals surface area (Å²) in [7, 11) is -3.22. The van der Waals surface area contributed by atoms with Gasteiger partial charge < -0.3 is 4.74 Å². The monoisotopic (exact) mass is 312 g/mol. The molecule has 7 heteroatoms. The molecule has 0 atom stereocenters. The molecule has 0 unspecified atom stereocenters. The zero-order chi connectivity index (χ0) is 14.9. The lowest BCUT2D eigenvalue weighted by atomic mass is 10.3. The normalized spacial score (nSPS) is 11.4. The molecular formula is C13H13ClN2O3S. The quantitative estimate of drug-likeness (QED) is 0.871. The highest BCUT2D eigenvalue weighted by atomic mass is 35.5. The Morgan fingerprint density at radius 3 is 2.15 bits per heavy atom. The second-order valence-corrected chi connectivity index (χ2v) is 6.71. The Kier molecular flexibility index (Phi) is 3.96. The lowest BCUT2D eigenvalue weighted by molar-refractivity contribution is 0.458. The average molecular weight is 313 g/mol. The zero-order valence-corrected chi connectivity index (χ0v) is 12.8. The number of sulfone groups is 1. The zero-order valence-electron chi connectivity index (χ0n) is 11.2. The number of nitrogens with zero attached hydrogens (tertiary/aromatic N) is 2. The van der Waals surface area contributed by atoms with E-state index in [1.807, 2.05) is 0 Å². The van der Waals surface area contributed by atoms with Crippen molar-refractivity contribution in [3.8, 4) is 11.6 Å². The van der Waals surface area contributed by atoms with Crippen LogP contribution in [0.3, 0.4) is 0 Å². The molecule has 0 N–H and O–H groups in total. The molecule has 0 saturated carbocycles. The molecule has 0 aliphatic heterocycles. The van der Waals surface area contributed by atoms with Gasteiger partial charge in [0.15, 0.2) is 15.0 Å². The van der Waals surface area contributed by atoms with E-state index >= 15 is 0 Å². The van der Waals surface area contributed by atoms with Gasteiger partial charge in [-0.05, 0) is 38.1 Å². The number of rotatable bonds is 3. The van der Waals surface area contributed by atoms with Crippen molar-refractivity contribution in [2.75, 3.05) is 6.26 Å². The van der Waals surface area contributed by atoms with Gasteiger partial charge in [0.1, 0.15) is 5.75 Å². The summed E-state index contributed by atoms with van der Waals surface area (Å²) in [5.74, 6) is 0.638. The molecule has 20 heavy (non-hydrogen) atoms. The number of aromatic nitrogens is 2. The van der Waals surface area contributed by atoms with Crippen molar-refractivity contribution < 1.29 is 13.2 Å². The smallest absolute Gasteiger partial charge is 0.257 e. The fourth-order valence-corrected chi connectivity index (χ4v) is 2.32. The molecule has 5 nitrogen and oxygen atoms in total. The number of hydrogen-bond acceptors (Lipinski definition) is 5. The van der Waals surface area contributed by atoms with Crippen molar-refractivity contribution in [2.24, 2.45) is 0 Å². The maximum absolute atomic E-state index is 11.4. The first-order chi connectivity index (χ1) is 9.27. The van der Waals surface area contributed by atoms with Crippen LogP contribution < -0.4 is 4.74 Å². The van der Waals surface area contributed by atoms with Gasteiger partial charge in [-0.15, -0.1) is 0 Å². The number of hydrogen-bond donors (Lipinski definition) is 0. The van der Waals surface area contributed by atoms with Crippen LogP contribution in [0.4, 0.5) is 0 Å². The molecular weight excluding hydrogens is 300 g/mol. The molecule has 0 aliphatic carbocycles. The molecule has 1 heterocycles. The lowest BCUT2D eigenvalue weighted by Gasteiger charge is -2.08. The van der Waals surface area contributed by atoms with Crippen LogP contribution in [0.1, 0.15) is 11.4 Å². The molecule has 0 bridgehead atoms. The van der Waals surface area contributed by atoms with E-state index < -0.39 is 9.84 Å². The highest BCUT2D eigenvalue weighted by Gasteiger charge is 2.11. The molecule has 0 fully saturated rings. The molecule has 0 radical (unpaired) electrons. The van der Waals surface area contributed by atoms with Crippen molar-refractivity contribution in [1.29, 1.82) is 0 Å². The standard InChI is InChI=1S/C13H13ClN2O3S/c1-8-9(2)16-13(12(14)15-8)19-10-4-6-11(7-5-10)20(3,17)18/h4-7H,1-3H3. The molecule has 2 rings (SSSR count). The number of benzene rings is 1. The van der Waals surface area contributed by atoms with Gasteiger partial charge in [-0.2, -0.15) is 0 Å².